The van der Waals surface area contributed by atoms with E-state index < -0.39 is 6.10 Å². The second-order valence-electron chi connectivity index (χ2n) is 7.24. The molecule has 3 rings (SSSR count). The molecule has 27 heavy (non-hydrogen) atoms. The summed E-state index contributed by atoms with van der Waals surface area (Å²) in [5.74, 6) is 0.737. The lowest BCUT2D eigenvalue weighted by Gasteiger charge is -2.40. The van der Waals surface area contributed by atoms with E-state index in [1.165, 1.54) is 0 Å². The van der Waals surface area contributed by atoms with E-state index in [-0.39, 0.29) is 24.5 Å². The number of hydrogen-bond acceptors (Lipinski definition) is 5. The summed E-state index contributed by atoms with van der Waals surface area (Å²) in [5.41, 5.74) is 0. The van der Waals surface area contributed by atoms with Crippen molar-refractivity contribution < 1.29 is 19.4 Å². The Morgan fingerprint density at radius 1 is 1.00 bits per heavy atom. The molecule has 1 aromatic carbocycles. The molecule has 1 N–H and O–H groups in total. The number of aliphatic hydroxyl groups is 1. The maximum absolute atomic E-state index is 12.5. The number of hydrogen-bond donors (Lipinski definition) is 1. The predicted octanol–water partition coefficient (Wildman–Crippen LogP) is 0.581. The molecule has 0 unspecified atom stereocenters. The normalized spacial score (nSPS) is 24.4. The predicted molar refractivity (Wildman–Crippen MR) is 101 cm³/mol. The van der Waals surface area contributed by atoms with Gasteiger partial charge in [-0.3, -0.25) is 14.5 Å². The van der Waals surface area contributed by atoms with Crippen LogP contribution in [0.1, 0.15) is 19.8 Å². The highest BCUT2D eigenvalue weighted by molar-refractivity contribution is 5.77. The zero-order valence-corrected chi connectivity index (χ0v) is 15.9. The van der Waals surface area contributed by atoms with Crippen molar-refractivity contribution in [1.82, 2.24) is 14.7 Å². The van der Waals surface area contributed by atoms with Crippen molar-refractivity contribution in [2.45, 2.75) is 31.9 Å². The number of amides is 2. The standard InChI is InChI=1S/C20H29N3O4/c1-16(24)21-11-13-22(14-12-21)18-7-9-23(10-8-19(18)25)20(26)15-27-17-5-3-2-4-6-17/h2-6,18-19,25H,7-15H2,1H3/t18-,19-/m0/s1. The number of para-hydroxylation sites is 1. The summed E-state index contributed by atoms with van der Waals surface area (Å²) in [6.07, 6.45) is 0.842. The molecule has 0 radical (unpaired) electrons. The van der Waals surface area contributed by atoms with Crippen LogP contribution in [0, 0.1) is 0 Å². The zero-order chi connectivity index (χ0) is 19.2. The monoisotopic (exact) mass is 375 g/mol. The molecule has 2 fully saturated rings. The van der Waals surface area contributed by atoms with Gasteiger partial charge in [-0.2, -0.15) is 0 Å². The molecule has 0 spiro atoms. The van der Waals surface area contributed by atoms with Gasteiger partial charge in [-0.25, -0.2) is 0 Å². The average molecular weight is 375 g/mol. The summed E-state index contributed by atoms with van der Waals surface area (Å²) >= 11 is 0. The van der Waals surface area contributed by atoms with Crippen molar-refractivity contribution in [3.8, 4) is 5.75 Å². The highest BCUT2D eigenvalue weighted by Gasteiger charge is 2.33. The lowest BCUT2D eigenvalue weighted by atomic mass is 10.0. The Morgan fingerprint density at radius 3 is 2.33 bits per heavy atom. The van der Waals surface area contributed by atoms with Gasteiger partial charge in [-0.05, 0) is 25.0 Å². The Morgan fingerprint density at radius 2 is 1.67 bits per heavy atom. The van der Waals surface area contributed by atoms with Crippen LogP contribution in [0.3, 0.4) is 0 Å². The Kier molecular flexibility index (Phi) is 6.68. The molecule has 1 aromatic rings. The highest BCUT2D eigenvalue weighted by Crippen LogP contribution is 2.20. The number of nitrogens with zero attached hydrogens (tertiary/aromatic N) is 3. The molecule has 2 saturated heterocycles. The maximum atomic E-state index is 12.5. The topological polar surface area (TPSA) is 73.3 Å². The molecule has 7 nitrogen and oxygen atoms in total. The Labute approximate surface area is 160 Å². The van der Waals surface area contributed by atoms with Gasteiger partial charge in [0.25, 0.3) is 5.91 Å². The SMILES string of the molecule is CC(=O)N1CCN([C@H]2CCN(C(=O)COc3ccccc3)CC[C@@H]2O)CC1. The molecule has 2 atom stereocenters. The molecule has 2 amide bonds. The Bertz CT molecular complexity index is 631. The molecule has 0 saturated carbocycles. The number of aliphatic hydroxyl groups excluding tert-OH is 1. The fourth-order valence-corrected chi connectivity index (χ4v) is 3.87. The van der Waals surface area contributed by atoms with Crippen LogP contribution in [0.2, 0.25) is 0 Å². The lowest BCUT2D eigenvalue weighted by molar-refractivity contribution is -0.133. The van der Waals surface area contributed by atoms with Gasteiger partial charge in [0.1, 0.15) is 5.75 Å². The van der Waals surface area contributed by atoms with Crippen LogP contribution in [0.4, 0.5) is 0 Å². The first-order valence-electron chi connectivity index (χ1n) is 9.68. The molecular formula is C20H29N3O4. The van der Waals surface area contributed by atoms with Gasteiger partial charge in [-0.15, -0.1) is 0 Å². The number of carbonyl (C=O) groups excluding carboxylic acids is 2. The van der Waals surface area contributed by atoms with E-state index in [9.17, 15) is 14.7 Å². The zero-order valence-electron chi connectivity index (χ0n) is 15.9. The van der Waals surface area contributed by atoms with Crippen LogP contribution < -0.4 is 4.74 Å². The minimum absolute atomic E-state index is 0.0159. The van der Waals surface area contributed by atoms with E-state index in [0.29, 0.717) is 38.3 Å². The lowest BCUT2D eigenvalue weighted by Crippen LogP contribution is -2.54. The minimum atomic E-state index is -0.457. The summed E-state index contributed by atoms with van der Waals surface area (Å²) in [5, 5.41) is 10.6. The van der Waals surface area contributed by atoms with E-state index in [1.54, 1.807) is 11.8 Å². The van der Waals surface area contributed by atoms with Gasteiger partial charge in [0, 0.05) is 52.2 Å². The summed E-state index contributed by atoms with van der Waals surface area (Å²) in [7, 11) is 0. The largest absolute Gasteiger partial charge is 0.484 e. The first-order valence-corrected chi connectivity index (χ1v) is 9.68. The minimum Gasteiger partial charge on any atom is -0.484 e. The number of ether oxygens (including phenoxy) is 1. The molecule has 0 aliphatic carbocycles. The van der Waals surface area contributed by atoms with E-state index >= 15 is 0 Å². The fraction of sp³-hybridized carbons (Fsp3) is 0.600. The third kappa shape index (κ3) is 5.20. The van der Waals surface area contributed by atoms with Gasteiger partial charge >= 0.3 is 0 Å². The molecular weight excluding hydrogens is 346 g/mol. The smallest absolute Gasteiger partial charge is 0.260 e. The maximum Gasteiger partial charge on any atom is 0.260 e. The second-order valence-corrected chi connectivity index (χ2v) is 7.24. The Hall–Kier alpha value is -2.12. The van der Waals surface area contributed by atoms with Crippen LogP contribution in [0.25, 0.3) is 0 Å². The van der Waals surface area contributed by atoms with Crippen LogP contribution in [-0.4, -0.2) is 89.6 Å². The van der Waals surface area contributed by atoms with Crippen LogP contribution in [0.15, 0.2) is 30.3 Å². The third-order valence-corrected chi connectivity index (χ3v) is 5.52. The molecule has 2 heterocycles. The fourth-order valence-electron chi connectivity index (χ4n) is 3.87. The number of benzene rings is 1. The van der Waals surface area contributed by atoms with Gasteiger partial charge < -0.3 is 19.6 Å². The molecule has 7 heteroatoms. The average Bonchev–Trinajstić information content (AvgIpc) is 2.89. The number of carbonyl (C=O) groups is 2. The first kappa shape index (κ1) is 19.6. The van der Waals surface area contributed by atoms with Gasteiger partial charge in [0.05, 0.1) is 6.10 Å². The summed E-state index contributed by atoms with van der Waals surface area (Å²) in [6.45, 7) is 5.71. The summed E-state index contributed by atoms with van der Waals surface area (Å²) in [4.78, 5) is 29.9. The second kappa shape index (κ2) is 9.19. The molecule has 0 aromatic heterocycles. The van der Waals surface area contributed by atoms with E-state index in [1.807, 2.05) is 35.2 Å². The third-order valence-electron chi connectivity index (χ3n) is 5.52. The number of piperazine rings is 1. The van der Waals surface area contributed by atoms with Crippen molar-refractivity contribution in [1.29, 1.82) is 0 Å². The molecule has 2 aliphatic heterocycles. The van der Waals surface area contributed by atoms with Crippen molar-refractivity contribution in [3.63, 3.8) is 0 Å². The van der Waals surface area contributed by atoms with Crippen molar-refractivity contribution >= 4 is 11.8 Å². The van der Waals surface area contributed by atoms with Crippen molar-refractivity contribution in [2.24, 2.45) is 0 Å². The Balaban J connectivity index is 1.50. The van der Waals surface area contributed by atoms with Crippen LogP contribution in [-0.2, 0) is 9.59 Å². The summed E-state index contributed by atoms with van der Waals surface area (Å²) < 4.78 is 5.56. The first-order chi connectivity index (χ1) is 13.0. The van der Waals surface area contributed by atoms with Crippen molar-refractivity contribution in [2.75, 3.05) is 45.9 Å². The van der Waals surface area contributed by atoms with Crippen LogP contribution >= 0.6 is 0 Å². The molecule has 148 valence electrons. The van der Waals surface area contributed by atoms with Gasteiger partial charge in [0.2, 0.25) is 5.91 Å². The van der Waals surface area contributed by atoms with Gasteiger partial charge in [0.15, 0.2) is 6.61 Å². The number of likely N-dealkylation sites (tertiary alicyclic amines) is 1. The summed E-state index contributed by atoms with van der Waals surface area (Å²) in [6, 6.07) is 9.34. The molecule has 2 aliphatic rings. The van der Waals surface area contributed by atoms with E-state index in [4.69, 9.17) is 4.74 Å². The van der Waals surface area contributed by atoms with Crippen molar-refractivity contribution in [3.05, 3.63) is 30.3 Å². The van der Waals surface area contributed by atoms with E-state index in [2.05, 4.69) is 4.90 Å². The van der Waals surface area contributed by atoms with Crippen LogP contribution in [0.5, 0.6) is 5.75 Å². The van der Waals surface area contributed by atoms with Gasteiger partial charge in [-0.1, -0.05) is 18.2 Å². The highest BCUT2D eigenvalue weighted by atomic mass is 16.5. The quantitative estimate of drug-likeness (QED) is 0.834. The molecule has 0 bridgehead atoms. The number of rotatable bonds is 4. The van der Waals surface area contributed by atoms with E-state index in [0.717, 1.165) is 19.5 Å².